The molecule has 1 fully saturated rings. The highest BCUT2D eigenvalue weighted by molar-refractivity contribution is 5.95. The minimum absolute atomic E-state index is 0.00743. The summed E-state index contributed by atoms with van der Waals surface area (Å²) in [7, 11) is 0. The first-order valence-electron chi connectivity index (χ1n) is 11.2. The molecule has 1 N–H and O–H groups in total. The number of nitrogens with zero attached hydrogens (tertiary/aromatic N) is 5. The smallest absolute Gasteiger partial charge is 0.253 e. The Hall–Kier alpha value is -4.33. The Kier molecular flexibility index (Phi) is 6.38. The summed E-state index contributed by atoms with van der Waals surface area (Å²) in [6, 6.07) is 18.7. The number of piperidine rings is 1. The average Bonchev–Trinajstić information content (AvgIpc) is 2.90. The average molecular weight is 453 g/mol. The van der Waals surface area contributed by atoms with Gasteiger partial charge < -0.3 is 15.0 Å². The zero-order valence-corrected chi connectivity index (χ0v) is 18.5. The lowest BCUT2D eigenvalue weighted by Gasteiger charge is -2.32. The molecule has 0 aliphatic carbocycles. The van der Waals surface area contributed by atoms with Crippen LogP contribution in [0.15, 0.2) is 85.5 Å². The summed E-state index contributed by atoms with van der Waals surface area (Å²) in [5, 5.41) is 3.14. The van der Waals surface area contributed by atoms with Crippen molar-refractivity contribution in [3.63, 3.8) is 0 Å². The number of aromatic nitrogens is 4. The molecule has 3 heterocycles. The number of hydrogen-bond donors (Lipinski definition) is 1. The Labute approximate surface area is 197 Å². The van der Waals surface area contributed by atoms with E-state index < -0.39 is 0 Å². The number of hydrogen-bond acceptors (Lipinski definition) is 7. The molecule has 1 unspecified atom stereocenters. The van der Waals surface area contributed by atoms with E-state index in [0.29, 0.717) is 36.2 Å². The predicted molar refractivity (Wildman–Crippen MR) is 128 cm³/mol. The fourth-order valence-corrected chi connectivity index (χ4v) is 4.03. The standard InChI is InChI=1S/C26H24N6O2/c33-25(19-7-4-9-21(15-19)30-26-28-12-6-13-29-26)32-14-5-8-20(18-32)23-16-27-17-24(31-23)34-22-10-2-1-3-11-22/h1-4,6-7,9-13,15-17,20H,5,8,14,18H2,(H,28,29,30). The van der Waals surface area contributed by atoms with Crippen LogP contribution in [-0.4, -0.2) is 43.8 Å². The van der Waals surface area contributed by atoms with Crippen molar-refractivity contribution >= 4 is 17.5 Å². The molecular weight excluding hydrogens is 428 g/mol. The van der Waals surface area contributed by atoms with Crippen molar-refractivity contribution in [2.75, 3.05) is 18.4 Å². The molecule has 8 nitrogen and oxygen atoms in total. The van der Waals surface area contributed by atoms with Gasteiger partial charge in [-0.15, -0.1) is 0 Å². The molecule has 1 aliphatic heterocycles. The fraction of sp³-hybridized carbons (Fsp3) is 0.192. The Morgan fingerprint density at radius 3 is 2.71 bits per heavy atom. The number of ether oxygens (including phenoxy) is 1. The molecule has 1 atom stereocenters. The molecule has 0 radical (unpaired) electrons. The van der Waals surface area contributed by atoms with Gasteiger partial charge in [-0.25, -0.2) is 15.0 Å². The van der Waals surface area contributed by atoms with Crippen LogP contribution in [-0.2, 0) is 0 Å². The normalized spacial score (nSPS) is 15.5. The van der Waals surface area contributed by atoms with E-state index in [0.717, 1.165) is 24.2 Å². The Morgan fingerprint density at radius 2 is 1.85 bits per heavy atom. The van der Waals surface area contributed by atoms with E-state index in [-0.39, 0.29) is 11.8 Å². The van der Waals surface area contributed by atoms with Gasteiger partial charge in [-0.2, -0.15) is 0 Å². The fourth-order valence-electron chi connectivity index (χ4n) is 4.03. The zero-order valence-electron chi connectivity index (χ0n) is 18.5. The quantitative estimate of drug-likeness (QED) is 0.448. The molecule has 1 saturated heterocycles. The number of likely N-dealkylation sites (tertiary alicyclic amines) is 1. The van der Waals surface area contributed by atoms with Crippen LogP contribution in [0.2, 0.25) is 0 Å². The van der Waals surface area contributed by atoms with Crippen LogP contribution in [0.4, 0.5) is 11.6 Å². The summed E-state index contributed by atoms with van der Waals surface area (Å²) in [5.41, 5.74) is 2.22. The van der Waals surface area contributed by atoms with Crippen LogP contribution in [0.1, 0.15) is 34.8 Å². The van der Waals surface area contributed by atoms with E-state index in [1.165, 1.54) is 0 Å². The highest BCUT2D eigenvalue weighted by atomic mass is 16.5. The maximum atomic E-state index is 13.3. The first-order valence-corrected chi connectivity index (χ1v) is 11.2. The zero-order chi connectivity index (χ0) is 23.2. The maximum Gasteiger partial charge on any atom is 0.253 e. The number of rotatable bonds is 6. The van der Waals surface area contributed by atoms with Crippen LogP contribution in [0.25, 0.3) is 0 Å². The van der Waals surface area contributed by atoms with Crippen LogP contribution < -0.4 is 10.1 Å². The SMILES string of the molecule is O=C(c1cccc(Nc2ncccn2)c1)N1CCCC(c2cncc(Oc3ccccc3)n2)C1. The van der Waals surface area contributed by atoms with Crippen molar-refractivity contribution < 1.29 is 9.53 Å². The van der Waals surface area contributed by atoms with Gasteiger partial charge in [0.15, 0.2) is 0 Å². The molecule has 2 aromatic heterocycles. The van der Waals surface area contributed by atoms with Crippen LogP contribution in [0, 0.1) is 0 Å². The minimum Gasteiger partial charge on any atom is -0.437 e. The molecule has 5 rings (SSSR count). The number of anilines is 2. The van der Waals surface area contributed by atoms with Gasteiger partial charge in [-0.1, -0.05) is 24.3 Å². The number of benzene rings is 2. The molecule has 4 aromatic rings. The monoisotopic (exact) mass is 452 g/mol. The third-order valence-electron chi connectivity index (χ3n) is 5.66. The summed E-state index contributed by atoms with van der Waals surface area (Å²) < 4.78 is 5.84. The molecule has 2 aromatic carbocycles. The molecule has 0 spiro atoms. The van der Waals surface area contributed by atoms with Crippen molar-refractivity contribution in [3.8, 4) is 11.6 Å². The molecule has 34 heavy (non-hydrogen) atoms. The second kappa shape index (κ2) is 10.1. The number of amides is 1. The Morgan fingerprint density at radius 1 is 1.00 bits per heavy atom. The lowest BCUT2D eigenvalue weighted by molar-refractivity contribution is 0.0705. The van der Waals surface area contributed by atoms with E-state index in [4.69, 9.17) is 4.74 Å². The lowest BCUT2D eigenvalue weighted by Crippen LogP contribution is -2.39. The van der Waals surface area contributed by atoms with Gasteiger partial charge in [0.2, 0.25) is 11.8 Å². The summed E-state index contributed by atoms with van der Waals surface area (Å²) in [5.74, 6) is 1.75. The van der Waals surface area contributed by atoms with Crippen molar-refractivity contribution in [3.05, 3.63) is 96.7 Å². The third kappa shape index (κ3) is 5.17. The highest BCUT2D eigenvalue weighted by Gasteiger charge is 2.27. The molecule has 0 saturated carbocycles. The van der Waals surface area contributed by atoms with Crippen LogP contribution in [0.3, 0.4) is 0 Å². The summed E-state index contributed by atoms with van der Waals surface area (Å²) in [6.45, 7) is 1.30. The van der Waals surface area contributed by atoms with Crippen molar-refractivity contribution in [2.24, 2.45) is 0 Å². The number of carbonyl (C=O) groups excluding carboxylic acids is 1. The van der Waals surface area contributed by atoms with Crippen molar-refractivity contribution in [1.82, 2.24) is 24.8 Å². The summed E-state index contributed by atoms with van der Waals surface area (Å²) in [6.07, 6.45) is 8.55. The largest absolute Gasteiger partial charge is 0.437 e. The minimum atomic E-state index is -0.00743. The molecule has 1 amide bonds. The molecular formula is C26H24N6O2. The van der Waals surface area contributed by atoms with Crippen molar-refractivity contribution in [2.45, 2.75) is 18.8 Å². The van der Waals surface area contributed by atoms with E-state index in [2.05, 4.69) is 25.3 Å². The highest BCUT2D eigenvalue weighted by Crippen LogP contribution is 2.28. The van der Waals surface area contributed by atoms with Crippen LogP contribution in [0.5, 0.6) is 11.6 Å². The van der Waals surface area contributed by atoms with Gasteiger partial charge in [0, 0.05) is 48.8 Å². The number of carbonyl (C=O) groups is 1. The van der Waals surface area contributed by atoms with Gasteiger partial charge in [0.25, 0.3) is 5.91 Å². The third-order valence-corrected chi connectivity index (χ3v) is 5.66. The van der Waals surface area contributed by atoms with Gasteiger partial charge in [-0.05, 0) is 49.2 Å². The second-order valence-electron chi connectivity index (χ2n) is 8.07. The van der Waals surface area contributed by atoms with Crippen LogP contribution >= 0.6 is 0 Å². The molecule has 170 valence electrons. The second-order valence-corrected chi connectivity index (χ2v) is 8.07. The predicted octanol–water partition coefficient (Wildman–Crippen LogP) is 4.82. The van der Waals surface area contributed by atoms with E-state index in [1.807, 2.05) is 59.5 Å². The van der Waals surface area contributed by atoms with Crippen molar-refractivity contribution in [1.29, 1.82) is 0 Å². The van der Waals surface area contributed by atoms with Gasteiger partial charge in [0.1, 0.15) is 5.75 Å². The lowest BCUT2D eigenvalue weighted by atomic mass is 9.94. The number of para-hydroxylation sites is 1. The summed E-state index contributed by atoms with van der Waals surface area (Å²) in [4.78, 5) is 32.5. The first-order chi connectivity index (χ1) is 16.7. The topological polar surface area (TPSA) is 93.1 Å². The van der Waals surface area contributed by atoms with Gasteiger partial charge in [0.05, 0.1) is 11.9 Å². The van der Waals surface area contributed by atoms with E-state index in [1.54, 1.807) is 30.9 Å². The molecule has 8 heteroatoms. The first kappa shape index (κ1) is 21.5. The van der Waals surface area contributed by atoms with E-state index in [9.17, 15) is 4.79 Å². The van der Waals surface area contributed by atoms with Gasteiger partial charge in [-0.3, -0.25) is 9.78 Å². The van der Waals surface area contributed by atoms with E-state index >= 15 is 0 Å². The maximum absolute atomic E-state index is 13.3. The Bertz CT molecular complexity index is 1250. The molecule has 1 aliphatic rings. The number of nitrogens with one attached hydrogen (secondary N) is 1. The summed E-state index contributed by atoms with van der Waals surface area (Å²) >= 11 is 0. The molecule has 0 bridgehead atoms. The Balaban J connectivity index is 1.28. The van der Waals surface area contributed by atoms with Gasteiger partial charge >= 0.3 is 0 Å².